The van der Waals surface area contributed by atoms with Crippen molar-refractivity contribution in [3.8, 4) is 5.75 Å². The Bertz CT molecular complexity index is 343. The van der Waals surface area contributed by atoms with Crippen LogP contribution in [0.2, 0.25) is 0 Å². The lowest BCUT2D eigenvalue weighted by atomic mass is 10.2. The van der Waals surface area contributed by atoms with E-state index in [4.69, 9.17) is 9.84 Å². The van der Waals surface area contributed by atoms with Gasteiger partial charge in [-0.3, -0.25) is 0 Å². The van der Waals surface area contributed by atoms with Gasteiger partial charge in [0.1, 0.15) is 18.2 Å². The smallest absolute Gasteiger partial charge is 0.142 e. The van der Waals surface area contributed by atoms with Gasteiger partial charge >= 0.3 is 0 Å². The summed E-state index contributed by atoms with van der Waals surface area (Å²) < 4.78 is 18.5. The summed E-state index contributed by atoms with van der Waals surface area (Å²) in [4.78, 5) is 2.04. The molecule has 0 aromatic heterocycles. The third kappa shape index (κ3) is 2.21. The third-order valence-corrected chi connectivity index (χ3v) is 2.47. The first-order valence-electron chi connectivity index (χ1n) is 5.09. The van der Waals surface area contributed by atoms with Crippen LogP contribution >= 0.6 is 0 Å². The van der Waals surface area contributed by atoms with Crippen molar-refractivity contribution in [1.82, 2.24) is 0 Å². The van der Waals surface area contributed by atoms with Crippen molar-refractivity contribution in [2.24, 2.45) is 0 Å². The van der Waals surface area contributed by atoms with Crippen LogP contribution in [0, 0.1) is 5.82 Å². The van der Waals surface area contributed by atoms with Crippen molar-refractivity contribution in [3.05, 3.63) is 24.0 Å². The zero-order valence-corrected chi connectivity index (χ0v) is 8.45. The van der Waals surface area contributed by atoms with Crippen LogP contribution < -0.4 is 9.64 Å². The van der Waals surface area contributed by atoms with E-state index in [1.165, 1.54) is 12.1 Å². The monoisotopic (exact) mass is 211 g/mol. The van der Waals surface area contributed by atoms with Crippen molar-refractivity contribution >= 4 is 5.69 Å². The maximum atomic E-state index is 13.1. The Morgan fingerprint density at radius 3 is 3.13 bits per heavy atom. The first-order valence-corrected chi connectivity index (χ1v) is 5.09. The molecule has 2 rings (SSSR count). The molecule has 15 heavy (non-hydrogen) atoms. The number of rotatable bonds is 3. The summed E-state index contributed by atoms with van der Waals surface area (Å²) in [6.45, 7) is 2.25. The Morgan fingerprint density at radius 2 is 2.33 bits per heavy atom. The average molecular weight is 211 g/mol. The quantitative estimate of drug-likeness (QED) is 0.820. The summed E-state index contributed by atoms with van der Waals surface area (Å²) in [5.74, 6) is 0.467. The molecule has 0 bridgehead atoms. The number of hydrogen-bond donors (Lipinski definition) is 1. The van der Waals surface area contributed by atoms with Gasteiger partial charge in [0, 0.05) is 19.2 Å². The van der Waals surface area contributed by atoms with E-state index < -0.39 is 0 Å². The second kappa shape index (κ2) is 4.49. The van der Waals surface area contributed by atoms with Gasteiger partial charge in [0.15, 0.2) is 0 Å². The number of benzene rings is 1. The third-order valence-electron chi connectivity index (χ3n) is 2.47. The Kier molecular flexibility index (Phi) is 3.06. The molecular formula is C11H14FNO2. The number of ether oxygens (including phenoxy) is 1. The molecule has 0 spiro atoms. The minimum atomic E-state index is -0.256. The fourth-order valence-electron chi connectivity index (χ4n) is 1.74. The van der Waals surface area contributed by atoms with Crippen LogP contribution in [0.25, 0.3) is 0 Å². The first-order chi connectivity index (χ1) is 7.31. The molecule has 0 amide bonds. The van der Waals surface area contributed by atoms with Gasteiger partial charge in [0.25, 0.3) is 0 Å². The van der Waals surface area contributed by atoms with E-state index in [2.05, 4.69) is 0 Å². The number of hydrogen-bond acceptors (Lipinski definition) is 3. The molecule has 0 saturated carbocycles. The zero-order chi connectivity index (χ0) is 10.7. The Labute approximate surface area is 88.1 Å². The van der Waals surface area contributed by atoms with Gasteiger partial charge in [-0.2, -0.15) is 0 Å². The Hall–Kier alpha value is -1.29. The highest BCUT2D eigenvalue weighted by atomic mass is 19.1. The van der Waals surface area contributed by atoms with Crippen molar-refractivity contribution in [2.75, 3.05) is 31.2 Å². The lowest BCUT2D eigenvalue weighted by Gasteiger charge is -2.31. The molecule has 82 valence electrons. The molecule has 1 N–H and O–H groups in total. The molecule has 1 heterocycles. The van der Waals surface area contributed by atoms with Crippen LogP contribution in [0.1, 0.15) is 6.42 Å². The van der Waals surface area contributed by atoms with Gasteiger partial charge in [-0.25, -0.2) is 4.39 Å². The van der Waals surface area contributed by atoms with Crippen LogP contribution in [-0.4, -0.2) is 31.4 Å². The fraction of sp³-hybridized carbons (Fsp3) is 0.455. The summed E-state index contributed by atoms with van der Waals surface area (Å²) in [6, 6.07) is 4.52. The van der Waals surface area contributed by atoms with Crippen molar-refractivity contribution in [1.29, 1.82) is 0 Å². The summed E-state index contributed by atoms with van der Waals surface area (Å²) in [5.41, 5.74) is 0.787. The predicted octanol–water partition coefficient (Wildman–Crippen LogP) is 1.41. The van der Waals surface area contributed by atoms with Crippen LogP contribution in [0.4, 0.5) is 10.1 Å². The molecule has 4 heteroatoms. The molecular weight excluding hydrogens is 197 g/mol. The van der Waals surface area contributed by atoms with Gasteiger partial charge < -0.3 is 14.7 Å². The highest BCUT2D eigenvalue weighted by Gasteiger charge is 2.17. The molecule has 0 aliphatic carbocycles. The van der Waals surface area contributed by atoms with Gasteiger partial charge in [0.05, 0.1) is 12.2 Å². The predicted molar refractivity (Wildman–Crippen MR) is 55.8 cm³/mol. The molecule has 0 unspecified atom stereocenters. The van der Waals surface area contributed by atoms with Gasteiger partial charge in [-0.1, -0.05) is 0 Å². The van der Waals surface area contributed by atoms with Crippen molar-refractivity contribution in [2.45, 2.75) is 6.42 Å². The highest BCUT2D eigenvalue weighted by molar-refractivity contribution is 5.59. The van der Waals surface area contributed by atoms with Crippen LogP contribution in [0.5, 0.6) is 5.75 Å². The molecule has 1 aromatic carbocycles. The number of halogens is 1. The lowest BCUT2D eigenvalue weighted by molar-refractivity contribution is 0.279. The number of nitrogens with zero attached hydrogens (tertiary/aromatic N) is 1. The van der Waals surface area contributed by atoms with Crippen LogP contribution in [0.15, 0.2) is 18.2 Å². The minimum absolute atomic E-state index is 0.155. The Morgan fingerprint density at radius 1 is 1.47 bits per heavy atom. The SMILES string of the molecule is OCCCN1CCOc2ccc(F)cc21. The number of anilines is 1. The second-order valence-corrected chi connectivity index (χ2v) is 3.52. The highest BCUT2D eigenvalue weighted by Crippen LogP contribution is 2.31. The van der Waals surface area contributed by atoms with Gasteiger partial charge in [0.2, 0.25) is 0 Å². The van der Waals surface area contributed by atoms with Crippen LogP contribution in [-0.2, 0) is 0 Å². The van der Waals surface area contributed by atoms with E-state index in [9.17, 15) is 4.39 Å². The minimum Gasteiger partial charge on any atom is -0.490 e. The second-order valence-electron chi connectivity index (χ2n) is 3.52. The first kappa shape index (κ1) is 10.2. The topological polar surface area (TPSA) is 32.7 Å². The molecule has 3 nitrogen and oxygen atoms in total. The molecule has 0 atom stereocenters. The van der Waals surface area contributed by atoms with E-state index in [1.54, 1.807) is 6.07 Å². The molecule has 1 aliphatic heterocycles. The standard InChI is InChI=1S/C11H14FNO2/c12-9-2-3-11-10(8-9)13(4-1-6-14)5-7-15-11/h2-3,8,14H,1,4-7H2. The van der Waals surface area contributed by atoms with E-state index in [-0.39, 0.29) is 12.4 Å². The molecule has 0 saturated heterocycles. The normalized spacial score (nSPS) is 14.7. The summed E-state index contributed by atoms with van der Waals surface area (Å²) in [5, 5.41) is 8.77. The van der Waals surface area contributed by atoms with Crippen LogP contribution in [0.3, 0.4) is 0 Å². The van der Waals surface area contributed by atoms with Gasteiger partial charge in [-0.15, -0.1) is 0 Å². The molecule has 1 aliphatic rings. The molecule has 0 radical (unpaired) electrons. The maximum Gasteiger partial charge on any atom is 0.142 e. The number of fused-ring (bicyclic) bond motifs is 1. The van der Waals surface area contributed by atoms with E-state index in [0.717, 1.165) is 24.5 Å². The lowest BCUT2D eigenvalue weighted by Crippen LogP contribution is -2.33. The summed E-state index contributed by atoms with van der Waals surface area (Å²) in [6.07, 6.45) is 0.690. The fourth-order valence-corrected chi connectivity index (χ4v) is 1.74. The van der Waals surface area contributed by atoms with Gasteiger partial charge in [-0.05, 0) is 18.6 Å². The number of aliphatic hydroxyl groups excluding tert-OH is 1. The van der Waals surface area contributed by atoms with E-state index in [1.807, 2.05) is 4.90 Å². The maximum absolute atomic E-state index is 13.1. The summed E-state index contributed by atoms with van der Waals surface area (Å²) >= 11 is 0. The zero-order valence-electron chi connectivity index (χ0n) is 8.45. The largest absolute Gasteiger partial charge is 0.490 e. The molecule has 1 aromatic rings. The summed E-state index contributed by atoms with van der Waals surface area (Å²) in [7, 11) is 0. The molecule has 0 fully saturated rings. The van der Waals surface area contributed by atoms with Crippen molar-refractivity contribution in [3.63, 3.8) is 0 Å². The van der Waals surface area contributed by atoms with E-state index >= 15 is 0 Å². The Balaban J connectivity index is 2.20. The van der Waals surface area contributed by atoms with E-state index in [0.29, 0.717) is 13.0 Å². The van der Waals surface area contributed by atoms with Crippen molar-refractivity contribution < 1.29 is 14.2 Å². The number of aliphatic hydroxyl groups is 1. The average Bonchev–Trinajstić information content (AvgIpc) is 2.26.